The SMILES string of the molecule is CCOc1cc(CNCc2ccncc2)cc(Br)c1OCc1ccccc1C. The van der Waals surface area contributed by atoms with Crippen LogP contribution in [0, 0.1) is 6.92 Å². The Morgan fingerprint density at radius 2 is 1.71 bits per heavy atom. The van der Waals surface area contributed by atoms with Gasteiger partial charge in [-0.25, -0.2) is 0 Å². The fourth-order valence-electron chi connectivity index (χ4n) is 2.90. The molecule has 146 valence electrons. The number of ether oxygens (including phenoxy) is 2. The van der Waals surface area contributed by atoms with Gasteiger partial charge in [-0.3, -0.25) is 4.98 Å². The molecule has 0 radical (unpaired) electrons. The van der Waals surface area contributed by atoms with E-state index >= 15 is 0 Å². The Bertz CT molecular complexity index is 900. The van der Waals surface area contributed by atoms with Crippen molar-refractivity contribution in [2.45, 2.75) is 33.5 Å². The van der Waals surface area contributed by atoms with Gasteiger partial charge in [-0.05, 0) is 76.3 Å². The van der Waals surface area contributed by atoms with Crippen molar-refractivity contribution >= 4 is 15.9 Å². The summed E-state index contributed by atoms with van der Waals surface area (Å²) in [6.45, 7) is 6.68. The molecule has 0 aliphatic carbocycles. The highest BCUT2D eigenvalue weighted by Crippen LogP contribution is 2.37. The predicted molar refractivity (Wildman–Crippen MR) is 116 cm³/mol. The standard InChI is InChI=1S/C23H25BrN2O2/c1-3-27-22-13-19(15-26-14-18-8-10-25-11-9-18)12-21(24)23(22)28-16-20-7-5-4-6-17(20)2/h4-13,26H,3,14-16H2,1-2H3. The van der Waals surface area contributed by atoms with E-state index in [1.807, 2.05) is 37.3 Å². The van der Waals surface area contributed by atoms with Gasteiger partial charge in [0.15, 0.2) is 11.5 Å². The van der Waals surface area contributed by atoms with Crippen molar-refractivity contribution < 1.29 is 9.47 Å². The average Bonchev–Trinajstić information content (AvgIpc) is 2.70. The van der Waals surface area contributed by atoms with Crippen molar-refractivity contribution in [1.29, 1.82) is 0 Å². The van der Waals surface area contributed by atoms with Crippen molar-refractivity contribution in [3.05, 3.63) is 87.7 Å². The number of nitrogens with one attached hydrogen (secondary N) is 1. The summed E-state index contributed by atoms with van der Waals surface area (Å²) in [5, 5.41) is 3.45. The first-order valence-corrected chi connectivity index (χ1v) is 10.2. The van der Waals surface area contributed by atoms with E-state index in [1.54, 1.807) is 12.4 Å². The molecule has 28 heavy (non-hydrogen) atoms. The summed E-state index contributed by atoms with van der Waals surface area (Å²) in [6, 6.07) is 16.4. The monoisotopic (exact) mass is 440 g/mol. The Morgan fingerprint density at radius 1 is 0.964 bits per heavy atom. The molecular weight excluding hydrogens is 416 g/mol. The number of nitrogens with zero attached hydrogens (tertiary/aromatic N) is 1. The van der Waals surface area contributed by atoms with Crippen LogP contribution in [0.2, 0.25) is 0 Å². The van der Waals surface area contributed by atoms with Gasteiger partial charge < -0.3 is 14.8 Å². The normalized spacial score (nSPS) is 10.7. The Labute approximate surface area is 175 Å². The molecule has 0 unspecified atom stereocenters. The third kappa shape index (κ3) is 5.57. The van der Waals surface area contributed by atoms with Crippen LogP contribution in [0.4, 0.5) is 0 Å². The summed E-state index contributed by atoms with van der Waals surface area (Å²) < 4.78 is 12.9. The second-order valence-corrected chi connectivity index (χ2v) is 7.37. The summed E-state index contributed by atoms with van der Waals surface area (Å²) in [7, 11) is 0. The molecule has 0 aliphatic heterocycles. The van der Waals surface area contributed by atoms with Gasteiger partial charge in [0.05, 0.1) is 11.1 Å². The molecule has 0 spiro atoms. The molecular formula is C23H25BrN2O2. The molecule has 1 N–H and O–H groups in total. The van der Waals surface area contributed by atoms with Crippen LogP contribution in [0.25, 0.3) is 0 Å². The smallest absolute Gasteiger partial charge is 0.175 e. The fraction of sp³-hybridized carbons (Fsp3) is 0.261. The van der Waals surface area contributed by atoms with Crippen LogP contribution in [-0.2, 0) is 19.7 Å². The summed E-state index contributed by atoms with van der Waals surface area (Å²) in [6.07, 6.45) is 3.61. The van der Waals surface area contributed by atoms with E-state index in [1.165, 1.54) is 16.7 Å². The number of hydrogen-bond acceptors (Lipinski definition) is 4. The maximum atomic E-state index is 6.12. The molecule has 0 amide bonds. The molecule has 0 aliphatic rings. The Morgan fingerprint density at radius 3 is 2.46 bits per heavy atom. The maximum Gasteiger partial charge on any atom is 0.175 e. The number of benzene rings is 2. The number of rotatable bonds is 9. The third-order valence-electron chi connectivity index (χ3n) is 4.41. The molecule has 0 saturated heterocycles. The topological polar surface area (TPSA) is 43.4 Å². The molecule has 0 saturated carbocycles. The average molecular weight is 441 g/mol. The lowest BCUT2D eigenvalue weighted by Crippen LogP contribution is -2.13. The molecule has 0 fully saturated rings. The molecule has 4 nitrogen and oxygen atoms in total. The van der Waals surface area contributed by atoms with Crippen molar-refractivity contribution in [3.8, 4) is 11.5 Å². The van der Waals surface area contributed by atoms with Crippen LogP contribution < -0.4 is 14.8 Å². The van der Waals surface area contributed by atoms with Crippen LogP contribution >= 0.6 is 15.9 Å². The molecule has 5 heteroatoms. The summed E-state index contributed by atoms with van der Waals surface area (Å²) in [5.41, 5.74) is 4.72. The van der Waals surface area contributed by atoms with Crippen molar-refractivity contribution in [2.75, 3.05) is 6.61 Å². The van der Waals surface area contributed by atoms with Gasteiger partial charge in [-0.2, -0.15) is 0 Å². The maximum absolute atomic E-state index is 6.12. The zero-order chi connectivity index (χ0) is 19.8. The van der Waals surface area contributed by atoms with E-state index in [0.29, 0.717) is 13.2 Å². The molecule has 1 heterocycles. The Hall–Kier alpha value is -2.37. The highest BCUT2D eigenvalue weighted by molar-refractivity contribution is 9.10. The van der Waals surface area contributed by atoms with Gasteiger partial charge >= 0.3 is 0 Å². The van der Waals surface area contributed by atoms with Gasteiger partial charge in [-0.1, -0.05) is 24.3 Å². The van der Waals surface area contributed by atoms with Gasteiger partial charge in [0.1, 0.15) is 6.61 Å². The van der Waals surface area contributed by atoms with Crippen LogP contribution in [0.1, 0.15) is 29.2 Å². The minimum absolute atomic E-state index is 0.505. The lowest BCUT2D eigenvalue weighted by molar-refractivity contribution is 0.267. The minimum Gasteiger partial charge on any atom is -0.490 e. The van der Waals surface area contributed by atoms with Crippen molar-refractivity contribution in [1.82, 2.24) is 10.3 Å². The lowest BCUT2D eigenvalue weighted by atomic mass is 10.1. The third-order valence-corrected chi connectivity index (χ3v) is 5.00. The summed E-state index contributed by atoms with van der Waals surface area (Å²) in [5.74, 6) is 1.49. The zero-order valence-electron chi connectivity index (χ0n) is 16.2. The second kappa shape index (κ2) is 10.2. The first-order valence-electron chi connectivity index (χ1n) is 9.39. The first-order chi connectivity index (χ1) is 13.7. The Balaban J connectivity index is 1.69. The molecule has 2 aromatic carbocycles. The quantitative estimate of drug-likeness (QED) is 0.482. The van der Waals surface area contributed by atoms with E-state index in [2.05, 4.69) is 51.4 Å². The molecule has 1 aromatic heterocycles. The highest BCUT2D eigenvalue weighted by atomic mass is 79.9. The fourth-order valence-corrected chi connectivity index (χ4v) is 3.50. The van der Waals surface area contributed by atoms with E-state index in [-0.39, 0.29) is 0 Å². The second-order valence-electron chi connectivity index (χ2n) is 6.51. The molecule has 3 aromatic rings. The number of halogens is 1. The minimum atomic E-state index is 0.505. The molecule has 0 atom stereocenters. The van der Waals surface area contributed by atoms with E-state index in [0.717, 1.165) is 34.6 Å². The van der Waals surface area contributed by atoms with Crippen LogP contribution in [0.3, 0.4) is 0 Å². The van der Waals surface area contributed by atoms with Crippen molar-refractivity contribution in [2.24, 2.45) is 0 Å². The van der Waals surface area contributed by atoms with Gasteiger partial charge in [-0.15, -0.1) is 0 Å². The lowest BCUT2D eigenvalue weighted by Gasteiger charge is -2.16. The van der Waals surface area contributed by atoms with E-state index in [4.69, 9.17) is 9.47 Å². The first kappa shape index (κ1) is 20.4. The van der Waals surface area contributed by atoms with Crippen LogP contribution in [-0.4, -0.2) is 11.6 Å². The number of hydrogen-bond donors (Lipinski definition) is 1. The van der Waals surface area contributed by atoms with E-state index < -0.39 is 0 Å². The molecule has 3 rings (SSSR count). The number of aryl methyl sites for hydroxylation is 1. The summed E-state index contributed by atoms with van der Waals surface area (Å²) in [4.78, 5) is 4.05. The van der Waals surface area contributed by atoms with Crippen molar-refractivity contribution in [3.63, 3.8) is 0 Å². The molecule has 0 bridgehead atoms. The number of pyridine rings is 1. The Kier molecular flexibility index (Phi) is 7.46. The van der Waals surface area contributed by atoms with Crippen LogP contribution in [0.15, 0.2) is 65.4 Å². The summed E-state index contributed by atoms with van der Waals surface area (Å²) >= 11 is 3.66. The highest BCUT2D eigenvalue weighted by Gasteiger charge is 2.13. The number of aromatic nitrogens is 1. The zero-order valence-corrected chi connectivity index (χ0v) is 17.8. The van der Waals surface area contributed by atoms with E-state index in [9.17, 15) is 0 Å². The largest absolute Gasteiger partial charge is 0.490 e. The predicted octanol–water partition coefficient (Wildman–Crippen LogP) is 5.42. The van der Waals surface area contributed by atoms with Crippen LogP contribution in [0.5, 0.6) is 11.5 Å². The van der Waals surface area contributed by atoms with Gasteiger partial charge in [0, 0.05) is 25.5 Å². The van der Waals surface area contributed by atoms with Gasteiger partial charge in [0.25, 0.3) is 0 Å². The van der Waals surface area contributed by atoms with Gasteiger partial charge in [0.2, 0.25) is 0 Å².